The SMILES string of the molecule is CCCCCNC(=O)NC(C)C. The minimum atomic E-state index is -0.0545. The molecule has 0 atom stereocenters. The predicted octanol–water partition coefficient (Wildman–Crippen LogP) is 1.88. The number of unbranched alkanes of at least 4 members (excludes halogenated alkanes) is 2. The summed E-state index contributed by atoms with van der Waals surface area (Å²) in [7, 11) is 0. The van der Waals surface area contributed by atoms with Gasteiger partial charge in [0.15, 0.2) is 0 Å². The number of amides is 2. The molecule has 2 N–H and O–H groups in total. The fourth-order valence-electron chi connectivity index (χ4n) is 0.890. The van der Waals surface area contributed by atoms with E-state index in [0.717, 1.165) is 13.0 Å². The Morgan fingerprint density at radius 3 is 2.50 bits per heavy atom. The highest BCUT2D eigenvalue weighted by Crippen LogP contribution is 1.90. The first-order chi connectivity index (χ1) is 5.66. The second-order valence-corrected chi connectivity index (χ2v) is 3.26. The standard InChI is InChI=1S/C9H20N2O/c1-4-5-6-7-10-9(12)11-8(2)3/h8H,4-7H2,1-3H3,(H2,10,11,12). The summed E-state index contributed by atoms with van der Waals surface area (Å²) in [6.07, 6.45) is 3.44. The second-order valence-electron chi connectivity index (χ2n) is 3.26. The summed E-state index contributed by atoms with van der Waals surface area (Å²) in [6.45, 7) is 6.83. The monoisotopic (exact) mass is 172 g/mol. The first-order valence-corrected chi connectivity index (χ1v) is 4.71. The van der Waals surface area contributed by atoms with Gasteiger partial charge in [0.1, 0.15) is 0 Å². The van der Waals surface area contributed by atoms with Crippen molar-refractivity contribution in [3.63, 3.8) is 0 Å². The molecule has 0 aliphatic rings. The highest BCUT2D eigenvalue weighted by Gasteiger charge is 1.99. The summed E-state index contributed by atoms with van der Waals surface area (Å²) in [5.74, 6) is 0. The molecule has 12 heavy (non-hydrogen) atoms. The smallest absolute Gasteiger partial charge is 0.314 e. The molecule has 0 fully saturated rings. The van der Waals surface area contributed by atoms with Crippen molar-refractivity contribution >= 4 is 6.03 Å². The Bertz CT molecular complexity index is 124. The van der Waals surface area contributed by atoms with Crippen LogP contribution in [-0.4, -0.2) is 18.6 Å². The third kappa shape index (κ3) is 7.38. The number of hydrogen-bond acceptors (Lipinski definition) is 1. The number of carbonyl (C=O) groups is 1. The van der Waals surface area contributed by atoms with E-state index in [-0.39, 0.29) is 12.1 Å². The molecule has 0 radical (unpaired) electrons. The summed E-state index contributed by atoms with van der Waals surface area (Å²) in [4.78, 5) is 11.0. The number of hydrogen-bond donors (Lipinski definition) is 2. The third-order valence-electron chi connectivity index (χ3n) is 1.49. The van der Waals surface area contributed by atoms with Gasteiger partial charge in [-0.25, -0.2) is 4.79 Å². The lowest BCUT2D eigenvalue weighted by Crippen LogP contribution is -2.39. The van der Waals surface area contributed by atoms with E-state index in [1.165, 1.54) is 12.8 Å². The highest BCUT2D eigenvalue weighted by molar-refractivity contribution is 5.73. The summed E-state index contributed by atoms with van der Waals surface area (Å²) in [6, 6.07) is 0.164. The Morgan fingerprint density at radius 2 is 2.00 bits per heavy atom. The van der Waals surface area contributed by atoms with Crippen molar-refractivity contribution in [2.24, 2.45) is 0 Å². The van der Waals surface area contributed by atoms with Gasteiger partial charge in [0.05, 0.1) is 0 Å². The molecule has 3 heteroatoms. The van der Waals surface area contributed by atoms with Crippen LogP contribution in [0, 0.1) is 0 Å². The van der Waals surface area contributed by atoms with Crippen molar-refractivity contribution in [1.29, 1.82) is 0 Å². The van der Waals surface area contributed by atoms with Crippen LogP contribution in [0.15, 0.2) is 0 Å². The number of carbonyl (C=O) groups excluding carboxylic acids is 1. The van der Waals surface area contributed by atoms with Gasteiger partial charge >= 0.3 is 6.03 Å². The van der Waals surface area contributed by atoms with E-state index in [9.17, 15) is 4.79 Å². The fraction of sp³-hybridized carbons (Fsp3) is 0.889. The van der Waals surface area contributed by atoms with Gasteiger partial charge < -0.3 is 10.6 Å². The second kappa shape index (κ2) is 6.95. The molecule has 3 nitrogen and oxygen atoms in total. The van der Waals surface area contributed by atoms with Gasteiger partial charge in [0.25, 0.3) is 0 Å². The zero-order chi connectivity index (χ0) is 9.40. The van der Waals surface area contributed by atoms with E-state index in [1.807, 2.05) is 13.8 Å². The average molecular weight is 172 g/mol. The first-order valence-electron chi connectivity index (χ1n) is 4.71. The van der Waals surface area contributed by atoms with Crippen molar-refractivity contribution in [3.8, 4) is 0 Å². The maximum atomic E-state index is 11.0. The molecule has 2 amide bonds. The van der Waals surface area contributed by atoms with Crippen LogP contribution >= 0.6 is 0 Å². The van der Waals surface area contributed by atoms with Crippen LogP contribution in [0.25, 0.3) is 0 Å². The molecular weight excluding hydrogens is 152 g/mol. The number of rotatable bonds is 5. The Kier molecular flexibility index (Phi) is 6.53. The van der Waals surface area contributed by atoms with Gasteiger partial charge in [-0.15, -0.1) is 0 Å². The molecule has 0 aliphatic carbocycles. The summed E-state index contributed by atoms with van der Waals surface area (Å²) >= 11 is 0. The number of urea groups is 1. The van der Waals surface area contributed by atoms with E-state index in [0.29, 0.717) is 0 Å². The molecule has 0 spiro atoms. The maximum Gasteiger partial charge on any atom is 0.314 e. The van der Waals surface area contributed by atoms with Gasteiger partial charge in [0, 0.05) is 12.6 Å². The minimum absolute atomic E-state index is 0.0545. The van der Waals surface area contributed by atoms with Crippen LogP contribution in [0.2, 0.25) is 0 Å². The molecule has 0 aliphatic heterocycles. The van der Waals surface area contributed by atoms with Gasteiger partial charge in [-0.2, -0.15) is 0 Å². The van der Waals surface area contributed by atoms with E-state index in [1.54, 1.807) is 0 Å². The molecule has 0 rings (SSSR count). The number of nitrogens with one attached hydrogen (secondary N) is 2. The lowest BCUT2D eigenvalue weighted by atomic mass is 10.2. The Balaban J connectivity index is 3.20. The lowest BCUT2D eigenvalue weighted by Gasteiger charge is -2.09. The van der Waals surface area contributed by atoms with E-state index in [2.05, 4.69) is 17.6 Å². The van der Waals surface area contributed by atoms with Crippen molar-refractivity contribution in [2.75, 3.05) is 6.54 Å². The molecule has 0 aromatic heterocycles. The van der Waals surface area contributed by atoms with Gasteiger partial charge in [-0.1, -0.05) is 19.8 Å². The summed E-state index contributed by atoms with van der Waals surface area (Å²) in [5, 5.41) is 5.57. The quantitative estimate of drug-likeness (QED) is 0.611. The topological polar surface area (TPSA) is 41.1 Å². The van der Waals surface area contributed by atoms with Gasteiger partial charge in [-0.3, -0.25) is 0 Å². The van der Waals surface area contributed by atoms with Crippen molar-refractivity contribution in [2.45, 2.75) is 46.1 Å². The zero-order valence-corrected chi connectivity index (χ0v) is 8.31. The fourth-order valence-corrected chi connectivity index (χ4v) is 0.890. The molecule has 0 heterocycles. The molecule has 0 saturated heterocycles. The Morgan fingerprint density at radius 1 is 1.33 bits per heavy atom. The van der Waals surface area contributed by atoms with Crippen LogP contribution < -0.4 is 10.6 Å². The normalized spacial score (nSPS) is 10.0. The van der Waals surface area contributed by atoms with Crippen LogP contribution in [0.4, 0.5) is 4.79 Å². The molecular formula is C9H20N2O. The zero-order valence-electron chi connectivity index (χ0n) is 8.31. The van der Waals surface area contributed by atoms with E-state index < -0.39 is 0 Å². The van der Waals surface area contributed by atoms with Gasteiger partial charge in [-0.05, 0) is 20.3 Å². The first kappa shape index (κ1) is 11.3. The van der Waals surface area contributed by atoms with Crippen LogP contribution in [0.3, 0.4) is 0 Å². The molecule has 0 saturated carbocycles. The molecule has 0 aromatic rings. The third-order valence-corrected chi connectivity index (χ3v) is 1.49. The van der Waals surface area contributed by atoms with Crippen LogP contribution in [-0.2, 0) is 0 Å². The van der Waals surface area contributed by atoms with Crippen LogP contribution in [0.5, 0.6) is 0 Å². The lowest BCUT2D eigenvalue weighted by molar-refractivity contribution is 0.238. The van der Waals surface area contributed by atoms with Crippen molar-refractivity contribution < 1.29 is 4.79 Å². The van der Waals surface area contributed by atoms with Crippen molar-refractivity contribution in [3.05, 3.63) is 0 Å². The predicted molar refractivity (Wildman–Crippen MR) is 51.2 cm³/mol. The van der Waals surface area contributed by atoms with E-state index in [4.69, 9.17) is 0 Å². The van der Waals surface area contributed by atoms with Crippen LogP contribution in [0.1, 0.15) is 40.0 Å². The highest BCUT2D eigenvalue weighted by atomic mass is 16.2. The summed E-state index contributed by atoms with van der Waals surface area (Å²) in [5.41, 5.74) is 0. The van der Waals surface area contributed by atoms with Crippen molar-refractivity contribution in [1.82, 2.24) is 10.6 Å². The average Bonchev–Trinajstić information content (AvgIpc) is 1.97. The molecule has 0 unspecified atom stereocenters. The summed E-state index contributed by atoms with van der Waals surface area (Å²) < 4.78 is 0. The Hall–Kier alpha value is -0.730. The maximum absolute atomic E-state index is 11.0. The molecule has 0 bridgehead atoms. The molecule has 0 aromatic carbocycles. The van der Waals surface area contributed by atoms with E-state index >= 15 is 0 Å². The molecule has 72 valence electrons. The Labute approximate surface area is 74.9 Å². The van der Waals surface area contributed by atoms with Gasteiger partial charge in [0.2, 0.25) is 0 Å². The minimum Gasteiger partial charge on any atom is -0.338 e. The largest absolute Gasteiger partial charge is 0.338 e.